The molecule has 0 saturated carbocycles. The highest BCUT2D eigenvalue weighted by molar-refractivity contribution is 9.10. The van der Waals surface area contributed by atoms with Crippen molar-refractivity contribution in [2.24, 2.45) is 0 Å². The fourth-order valence-electron chi connectivity index (χ4n) is 2.29. The van der Waals surface area contributed by atoms with E-state index in [2.05, 4.69) is 61.7 Å². The first-order valence-corrected chi connectivity index (χ1v) is 7.48. The lowest BCUT2D eigenvalue weighted by Gasteiger charge is -2.04. The first kappa shape index (κ1) is 13.3. The number of hydrogen-bond donors (Lipinski definition) is 2. The molecule has 0 spiro atoms. The zero-order chi connectivity index (χ0) is 13.8. The van der Waals surface area contributed by atoms with E-state index in [0.29, 0.717) is 0 Å². The Labute approximate surface area is 126 Å². The summed E-state index contributed by atoms with van der Waals surface area (Å²) in [5.41, 5.74) is 3.63. The summed E-state index contributed by atoms with van der Waals surface area (Å²) in [7, 11) is 0. The van der Waals surface area contributed by atoms with Crippen LogP contribution in [0.25, 0.3) is 10.9 Å². The van der Waals surface area contributed by atoms with Gasteiger partial charge in [-0.2, -0.15) is 0 Å². The van der Waals surface area contributed by atoms with Crippen molar-refractivity contribution in [2.75, 3.05) is 6.54 Å². The number of fused-ring (bicyclic) bond motifs is 1. The number of hydrogen-bond acceptors (Lipinski definition) is 2. The predicted octanol–water partition coefficient (Wildman–Crippen LogP) is 3.66. The molecule has 3 nitrogen and oxygen atoms in total. The third-order valence-electron chi connectivity index (χ3n) is 3.34. The Balaban J connectivity index is 1.54. The highest BCUT2D eigenvalue weighted by Gasteiger charge is 2.02. The van der Waals surface area contributed by atoms with Crippen LogP contribution < -0.4 is 5.32 Å². The summed E-state index contributed by atoms with van der Waals surface area (Å²) in [5.74, 6) is 0. The monoisotopic (exact) mass is 329 g/mol. The number of rotatable bonds is 5. The Morgan fingerprint density at radius 3 is 2.90 bits per heavy atom. The van der Waals surface area contributed by atoms with E-state index in [1.165, 1.54) is 16.5 Å². The molecule has 0 aliphatic heterocycles. The molecule has 0 fully saturated rings. The molecule has 0 atom stereocenters. The van der Waals surface area contributed by atoms with Crippen molar-refractivity contribution in [3.63, 3.8) is 0 Å². The van der Waals surface area contributed by atoms with Crippen molar-refractivity contribution in [1.29, 1.82) is 0 Å². The van der Waals surface area contributed by atoms with E-state index in [0.717, 1.165) is 29.7 Å². The number of H-pyrrole nitrogens is 1. The Bertz CT molecular complexity index is 688. The molecule has 3 aromatic rings. The van der Waals surface area contributed by atoms with Gasteiger partial charge in [0, 0.05) is 34.3 Å². The lowest BCUT2D eigenvalue weighted by atomic mass is 10.1. The SMILES string of the molecule is Brc1ccc(CNCCc2c[nH]c3ccccc23)nc1. The van der Waals surface area contributed by atoms with Gasteiger partial charge >= 0.3 is 0 Å². The number of benzene rings is 1. The minimum atomic E-state index is 0.801. The smallest absolute Gasteiger partial charge is 0.0542 e. The molecule has 2 heterocycles. The van der Waals surface area contributed by atoms with E-state index in [1.807, 2.05) is 18.3 Å². The van der Waals surface area contributed by atoms with E-state index < -0.39 is 0 Å². The van der Waals surface area contributed by atoms with Crippen molar-refractivity contribution in [1.82, 2.24) is 15.3 Å². The van der Waals surface area contributed by atoms with Gasteiger partial charge < -0.3 is 10.3 Å². The van der Waals surface area contributed by atoms with Crippen molar-refractivity contribution in [3.05, 3.63) is 64.5 Å². The first-order chi connectivity index (χ1) is 9.83. The molecular formula is C16H16BrN3. The van der Waals surface area contributed by atoms with Gasteiger partial charge in [-0.25, -0.2) is 0 Å². The minimum Gasteiger partial charge on any atom is -0.361 e. The summed E-state index contributed by atoms with van der Waals surface area (Å²) in [6.45, 7) is 1.75. The molecule has 3 rings (SSSR count). The van der Waals surface area contributed by atoms with Gasteiger partial charge in [0.05, 0.1) is 5.69 Å². The van der Waals surface area contributed by atoms with Crippen LogP contribution in [-0.4, -0.2) is 16.5 Å². The molecule has 0 amide bonds. The third-order valence-corrected chi connectivity index (χ3v) is 3.81. The molecule has 0 aliphatic carbocycles. The quantitative estimate of drug-likeness (QED) is 0.701. The molecule has 102 valence electrons. The van der Waals surface area contributed by atoms with Gasteiger partial charge in [-0.05, 0) is 52.7 Å². The molecular weight excluding hydrogens is 314 g/mol. The summed E-state index contributed by atoms with van der Waals surface area (Å²) in [5, 5.41) is 4.75. The van der Waals surface area contributed by atoms with Crippen LogP contribution in [0.1, 0.15) is 11.3 Å². The Morgan fingerprint density at radius 1 is 1.15 bits per heavy atom. The van der Waals surface area contributed by atoms with Gasteiger partial charge in [0.25, 0.3) is 0 Å². The number of pyridine rings is 1. The van der Waals surface area contributed by atoms with Crippen LogP contribution in [0.15, 0.2) is 53.3 Å². The molecule has 2 N–H and O–H groups in total. The summed E-state index contributed by atoms with van der Waals surface area (Å²) in [6.07, 6.45) is 4.95. The van der Waals surface area contributed by atoms with Crippen LogP contribution in [0.4, 0.5) is 0 Å². The van der Waals surface area contributed by atoms with Crippen LogP contribution in [0.2, 0.25) is 0 Å². The molecule has 0 radical (unpaired) electrons. The summed E-state index contributed by atoms with van der Waals surface area (Å²) in [4.78, 5) is 7.65. The van der Waals surface area contributed by atoms with Gasteiger partial charge in [-0.3, -0.25) is 4.98 Å². The molecule has 0 saturated heterocycles. The van der Waals surface area contributed by atoms with E-state index in [-0.39, 0.29) is 0 Å². The zero-order valence-corrected chi connectivity index (χ0v) is 12.7. The Kier molecular flexibility index (Phi) is 4.14. The molecule has 20 heavy (non-hydrogen) atoms. The molecule has 1 aromatic carbocycles. The maximum atomic E-state index is 4.35. The summed E-state index contributed by atoms with van der Waals surface area (Å²) >= 11 is 3.39. The summed E-state index contributed by atoms with van der Waals surface area (Å²) < 4.78 is 1.01. The van der Waals surface area contributed by atoms with Crippen LogP contribution in [0.5, 0.6) is 0 Å². The second-order valence-corrected chi connectivity index (χ2v) is 5.67. The van der Waals surface area contributed by atoms with Crippen LogP contribution >= 0.6 is 15.9 Å². The second-order valence-electron chi connectivity index (χ2n) is 4.75. The molecule has 0 bridgehead atoms. The fraction of sp³-hybridized carbons (Fsp3) is 0.188. The summed E-state index contributed by atoms with van der Waals surface area (Å²) in [6, 6.07) is 12.5. The van der Waals surface area contributed by atoms with Crippen LogP contribution in [-0.2, 0) is 13.0 Å². The zero-order valence-electron chi connectivity index (χ0n) is 11.1. The standard InChI is InChI=1S/C16H16BrN3/c17-13-5-6-14(19-10-13)11-18-8-7-12-9-20-16-4-2-1-3-15(12)16/h1-6,9-10,18,20H,7-8,11H2. The maximum absolute atomic E-state index is 4.35. The molecule has 0 aliphatic rings. The predicted molar refractivity (Wildman–Crippen MR) is 85.6 cm³/mol. The van der Waals surface area contributed by atoms with Gasteiger partial charge in [0.1, 0.15) is 0 Å². The van der Waals surface area contributed by atoms with Crippen molar-refractivity contribution < 1.29 is 0 Å². The number of aromatic nitrogens is 2. The highest BCUT2D eigenvalue weighted by Crippen LogP contribution is 2.17. The van der Waals surface area contributed by atoms with Crippen molar-refractivity contribution in [3.8, 4) is 0 Å². The maximum Gasteiger partial charge on any atom is 0.0542 e. The minimum absolute atomic E-state index is 0.801. The number of nitrogens with zero attached hydrogens (tertiary/aromatic N) is 1. The molecule has 2 aromatic heterocycles. The number of para-hydroxylation sites is 1. The van der Waals surface area contributed by atoms with Gasteiger partial charge in [0.2, 0.25) is 0 Å². The number of nitrogens with one attached hydrogen (secondary N) is 2. The lowest BCUT2D eigenvalue weighted by Crippen LogP contribution is -2.17. The normalized spacial score (nSPS) is 11.1. The molecule has 0 unspecified atom stereocenters. The van der Waals surface area contributed by atoms with Gasteiger partial charge in [0.15, 0.2) is 0 Å². The van der Waals surface area contributed by atoms with E-state index in [1.54, 1.807) is 0 Å². The average molecular weight is 330 g/mol. The van der Waals surface area contributed by atoms with E-state index >= 15 is 0 Å². The van der Waals surface area contributed by atoms with Gasteiger partial charge in [-0.1, -0.05) is 18.2 Å². The number of aromatic amines is 1. The van der Waals surface area contributed by atoms with E-state index in [4.69, 9.17) is 0 Å². The fourth-order valence-corrected chi connectivity index (χ4v) is 2.52. The van der Waals surface area contributed by atoms with Crippen molar-refractivity contribution in [2.45, 2.75) is 13.0 Å². The van der Waals surface area contributed by atoms with Crippen LogP contribution in [0.3, 0.4) is 0 Å². The van der Waals surface area contributed by atoms with Crippen molar-refractivity contribution >= 4 is 26.8 Å². The highest BCUT2D eigenvalue weighted by atomic mass is 79.9. The lowest BCUT2D eigenvalue weighted by molar-refractivity contribution is 0.676. The first-order valence-electron chi connectivity index (χ1n) is 6.69. The second kappa shape index (κ2) is 6.20. The Hall–Kier alpha value is -1.65. The molecule has 4 heteroatoms. The topological polar surface area (TPSA) is 40.7 Å². The van der Waals surface area contributed by atoms with Gasteiger partial charge in [-0.15, -0.1) is 0 Å². The largest absolute Gasteiger partial charge is 0.361 e. The third kappa shape index (κ3) is 3.08. The average Bonchev–Trinajstić information content (AvgIpc) is 2.89. The Morgan fingerprint density at radius 2 is 2.05 bits per heavy atom. The van der Waals surface area contributed by atoms with Crippen LogP contribution in [0, 0.1) is 0 Å². The number of halogens is 1. The van der Waals surface area contributed by atoms with E-state index in [9.17, 15) is 0 Å².